The van der Waals surface area contributed by atoms with E-state index in [4.69, 9.17) is 5.11 Å². The van der Waals surface area contributed by atoms with Gasteiger partial charge in [0.05, 0.1) is 5.41 Å². The Morgan fingerprint density at radius 2 is 1.36 bits per heavy atom. The lowest BCUT2D eigenvalue weighted by molar-refractivity contribution is -0.160. The third kappa shape index (κ3) is 1.97. The number of ketones is 1. The summed E-state index contributed by atoms with van der Waals surface area (Å²) in [4.78, 5) is 22.9. The smallest absolute Gasteiger partial charge is 0.310 e. The predicted molar refractivity (Wildman–Crippen MR) is 55.0 cm³/mol. The van der Waals surface area contributed by atoms with Crippen molar-refractivity contribution in [2.45, 2.75) is 41.5 Å². The molecule has 0 aromatic rings. The van der Waals surface area contributed by atoms with E-state index in [-0.39, 0.29) is 11.7 Å². The second kappa shape index (κ2) is 3.71. The van der Waals surface area contributed by atoms with E-state index < -0.39 is 16.8 Å². The minimum Gasteiger partial charge on any atom is -0.481 e. The average molecular weight is 200 g/mol. The number of carboxylic acid groups (broad SMARTS) is 1. The van der Waals surface area contributed by atoms with E-state index >= 15 is 0 Å². The molecule has 0 rings (SSSR count). The molecule has 0 atom stereocenters. The number of carboxylic acids is 1. The van der Waals surface area contributed by atoms with E-state index in [1.165, 1.54) is 0 Å². The van der Waals surface area contributed by atoms with E-state index in [1.54, 1.807) is 41.5 Å². The van der Waals surface area contributed by atoms with Crippen LogP contribution in [0.3, 0.4) is 0 Å². The lowest BCUT2D eigenvalue weighted by Gasteiger charge is -2.37. The molecule has 0 unspecified atom stereocenters. The first-order valence-electron chi connectivity index (χ1n) is 4.83. The van der Waals surface area contributed by atoms with Gasteiger partial charge in [0, 0.05) is 11.3 Å². The van der Waals surface area contributed by atoms with Crippen LogP contribution in [-0.2, 0) is 9.59 Å². The molecule has 0 aliphatic rings. The van der Waals surface area contributed by atoms with Gasteiger partial charge in [0.2, 0.25) is 0 Å². The molecule has 0 radical (unpaired) electrons. The molecule has 0 spiro atoms. The number of rotatable bonds is 4. The quantitative estimate of drug-likeness (QED) is 0.757. The van der Waals surface area contributed by atoms with Crippen molar-refractivity contribution in [3.05, 3.63) is 0 Å². The lowest BCUT2D eigenvalue weighted by Crippen LogP contribution is -2.46. The van der Waals surface area contributed by atoms with Crippen LogP contribution < -0.4 is 0 Å². The van der Waals surface area contributed by atoms with Crippen molar-refractivity contribution in [1.82, 2.24) is 0 Å². The molecule has 0 aliphatic carbocycles. The molecule has 0 aromatic heterocycles. The van der Waals surface area contributed by atoms with Crippen molar-refractivity contribution in [3.63, 3.8) is 0 Å². The molecule has 0 saturated heterocycles. The Kier molecular flexibility index (Phi) is 3.49. The van der Waals surface area contributed by atoms with Gasteiger partial charge in [0.15, 0.2) is 0 Å². The number of carbonyl (C=O) groups excluding carboxylic acids is 1. The van der Waals surface area contributed by atoms with E-state index in [0.717, 1.165) is 0 Å². The normalized spacial score (nSPS) is 13.1. The molecule has 0 fully saturated rings. The summed E-state index contributed by atoms with van der Waals surface area (Å²) in [6.45, 7) is 10.2. The first-order chi connectivity index (χ1) is 6.05. The van der Waals surface area contributed by atoms with Crippen LogP contribution in [0.4, 0.5) is 0 Å². The van der Waals surface area contributed by atoms with Crippen molar-refractivity contribution in [2.75, 3.05) is 0 Å². The SMILES string of the molecule is CC(C)C(=O)C(C)(C)C(C)(C)C(=O)O. The third-order valence-corrected chi connectivity index (χ3v) is 3.24. The highest BCUT2D eigenvalue weighted by atomic mass is 16.4. The van der Waals surface area contributed by atoms with Crippen LogP contribution in [-0.4, -0.2) is 16.9 Å². The standard InChI is InChI=1S/C11H20O3/c1-7(2)8(12)10(3,4)11(5,6)9(13)14/h7H,1-6H3,(H,13,14). The third-order valence-electron chi connectivity index (χ3n) is 3.24. The van der Waals surface area contributed by atoms with Gasteiger partial charge in [0.25, 0.3) is 0 Å². The largest absolute Gasteiger partial charge is 0.481 e. The number of aliphatic carboxylic acids is 1. The van der Waals surface area contributed by atoms with Crippen molar-refractivity contribution >= 4 is 11.8 Å². The van der Waals surface area contributed by atoms with Crippen LogP contribution in [0.2, 0.25) is 0 Å². The van der Waals surface area contributed by atoms with Crippen LogP contribution in [0.25, 0.3) is 0 Å². The summed E-state index contributed by atoms with van der Waals surface area (Å²) in [6, 6.07) is 0. The highest BCUT2D eigenvalue weighted by Crippen LogP contribution is 2.41. The molecule has 14 heavy (non-hydrogen) atoms. The topological polar surface area (TPSA) is 54.4 Å². The number of hydrogen-bond acceptors (Lipinski definition) is 2. The summed E-state index contributed by atoms with van der Waals surface area (Å²) in [6.07, 6.45) is 0. The molecule has 3 nitrogen and oxygen atoms in total. The van der Waals surface area contributed by atoms with E-state index in [0.29, 0.717) is 0 Å². The van der Waals surface area contributed by atoms with Crippen molar-refractivity contribution < 1.29 is 14.7 Å². The van der Waals surface area contributed by atoms with E-state index in [9.17, 15) is 9.59 Å². The monoisotopic (exact) mass is 200 g/mol. The van der Waals surface area contributed by atoms with E-state index in [2.05, 4.69) is 0 Å². The maximum atomic E-state index is 11.9. The zero-order valence-corrected chi connectivity index (χ0v) is 9.84. The Labute approximate surface area is 85.5 Å². The first-order valence-corrected chi connectivity index (χ1v) is 4.83. The molecule has 0 bridgehead atoms. The predicted octanol–water partition coefficient (Wildman–Crippen LogP) is 2.35. The summed E-state index contributed by atoms with van der Waals surface area (Å²) in [5.74, 6) is -1.08. The maximum Gasteiger partial charge on any atom is 0.310 e. The molecule has 0 aliphatic heterocycles. The molecule has 0 saturated carbocycles. The molecule has 0 heterocycles. The van der Waals surface area contributed by atoms with Crippen molar-refractivity contribution in [1.29, 1.82) is 0 Å². The average Bonchev–Trinajstić information content (AvgIpc) is 2.01. The zero-order valence-electron chi connectivity index (χ0n) is 9.84. The van der Waals surface area contributed by atoms with Crippen LogP contribution >= 0.6 is 0 Å². The summed E-state index contributed by atoms with van der Waals surface area (Å²) < 4.78 is 0. The fourth-order valence-electron chi connectivity index (χ4n) is 1.30. The first kappa shape index (κ1) is 13.1. The summed E-state index contributed by atoms with van der Waals surface area (Å²) in [5, 5.41) is 9.06. The number of Topliss-reactive ketones (excluding diaryl/α,β-unsaturated/α-hetero) is 1. The van der Waals surface area contributed by atoms with E-state index in [1.807, 2.05) is 0 Å². The minimum atomic E-state index is -1.03. The zero-order chi connectivity index (χ0) is 11.7. The van der Waals surface area contributed by atoms with Crippen LogP contribution in [0.15, 0.2) is 0 Å². The maximum absolute atomic E-state index is 11.9. The summed E-state index contributed by atoms with van der Waals surface area (Å²) in [5.41, 5.74) is -1.87. The Hall–Kier alpha value is -0.860. The van der Waals surface area contributed by atoms with Gasteiger partial charge in [-0.1, -0.05) is 27.7 Å². The van der Waals surface area contributed by atoms with Gasteiger partial charge in [-0.25, -0.2) is 0 Å². The molecular formula is C11H20O3. The second-order valence-corrected chi connectivity index (χ2v) is 5.07. The molecular weight excluding hydrogens is 180 g/mol. The Morgan fingerprint density at radius 1 is 1.00 bits per heavy atom. The van der Waals surface area contributed by atoms with Gasteiger partial charge in [0.1, 0.15) is 5.78 Å². The van der Waals surface area contributed by atoms with Gasteiger partial charge >= 0.3 is 5.97 Å². The summed E-state index contributed by atoms with van der Waals surface area (Å²) >= 11 is 0. The lowest BCUT2D eigenvalue weighted by atomic mass is 9.63. The van der Waals surface area contributed by atoms with Crippen molar-refractivity contribution in [2.24, 2.45) is 16.7 Å². The fourth-order valence-corrected chi connectivity index (χ4v) is 1.30. The van der Waals surface area contributed by atoms with Crippen LogP contribution in [0.1, 0.15) is 41.5 Å². The van der Waals surface area contributed by atoms with Gasteiger partial charge in [-0.05, 0) is 13.8 Å². The van der Waals surface area contributed by atoms with Gasteiger partial charge in [-0.3, -0.25) is 9.59 Å². The Bertz CT molecular complexity index is 249. The van der Waals surface area contributed by atoms with Crippen LogP contribution in [0, 0.1) is 16.7 Å². The molecule has 1 N–H and O–H groups in total. The number of hydrogen-bond donors (Lipinski definition) is 1. The van der Waals surface area contributed by atoms with Crippen molar-refractivity contribution in [3.8, 4) is 0 Å². The highest BCUT2D eigenvalue weighted by Gasteiger charge is 2.48. The summed E-state index contributed by atoms with van der Waals surface area (Å²) in [7, 11) is 0. The number of carbonyl (C=O) groups is 2. The highest BCUT2D eigenvalue weighted by molar-refractivity contribution is 5.92. The Morgan fingerprint density at radius 3 is 1.57 bits per heavy atom. The molecule has 3 heteroatoms. The fraction of sp³-hybridized carbons (Fsp3) is 0.818. The molecule has 82 valence electrons. The van der Waals surface area contributed by atoms with Gasteiger partial charge in [-0.2, -0.15) is 0 Å². The van der Waals surface area contributed by atoms with Crippen LogP contribution in [0.5, 0.6) is 0 Å². The Balaban J connectivity index is 5.14. The van der Waals surface area contributed by atoms with Gasteiger partial charge < -0.3 is 5.11 Å². The molecule has 0 aromatic carbocycles. The van der Waals surface area contributed by atoms with Gasteiger partial charge in [-0.15, -0.1) is 0 Å². The molecule has 0 amide bonds. The minimum absolute atomic E-state index is 0.00935. The second-order valence-electron chi connectivity index (χ2n) is 5.07.